The van der Waals surface area contributed by atoms with Crippen LogP contribution in [0.4, 0.5) is 5.00 Å². The van der Waals surface area contributed by atoms with Crippen LogP contribution in [0.1, 0.15) is 10.4 Å². The first-order valence-electron chi connectivity index (χ1n) is 4.89. The summed E-state index contributed by atoms with van der Waals surface area (Å²) in [5.41, 5.74) is 6.95. The van der Waals surface area contributed by atoms with Crippen molar-refractivity contribution >= 4 is 22.2 Å². The Morgan fingerprint density at radius 3 is 2.50 bits per heavy atom. The normalized spacial score (nSPS) is 10.1. The van der Waals surface area contributed by atoms with Crippen molar-refractivity contribution in [3.63, 3.8) is 0 Å². The minimum atomic E-state index is -0.400. The van der Waals surface area contributed by atoms with Crippen molar-refractivity contribution in [3.8, 4) is 10.4 Å². The van der Waals surface area contributed by atoms with Gasteiger partial charge in [0.05, 0.1) is 5.56 Å². The van der Waals surface area contributed by atoms with Gasteiger partial charge in [0.1, 0.15) is 5.00 Å². The smallest absolute Gasteiger partial charge is 0.251 e. The summed E-state index contributed by atoms with van der Waals surface area (Å²) in [5.74, 6) is -0.400. The number of hydrogen-bond acceptors (Lipinski definition) is 3. The molecule has 1 heterocycles. The van der Waals surface area contributed by atoms with Gasteiger partial charge in [0, 0.05) is 11.9 Å². The lowest BCUT2D eigenvalue weighted by Crippen LogP contribution is -2.11. The van der Waals surface area contributed by atoms with Crippen LogP contribution in [-0.4, -0.2) is 13.0 Å². The number of nitrogens with one attached hydrogen (secondary N) is 1. The van der Waals surface area contributed by atoms with Gasteiger partial charge in [-0.2, -0.15) is 0 Å². The number of benzene rings is 1. The molecule has 1 amide bonds. The third-order valence-electron chi connectivity index (χ3n) is 2.28. The maximum absolute atomic E-state index is 11.2. The van der Waals surface area contributed by atoms with Crippen molar-refractivity contribution in [2.75, 3.05) is 12.4 Å². The number of anilines is 1. The van der Waals surface area contributed by atoms with E-state index in [1.807, 2.05) is 36.4 Å². The van der Waals surface area contributed by atoms with Crippen LogP contribution in [0.3, 0.4) is 0 Å². The van der Waals surface area contributed by atoms with Crippen molar-refractivity contribution in [2.24, 2.45) is 5.73 Å². The Labute approximate surface area is 97.9 Å². The fourth-order valence-electron chi connectivity index (χ4n) is 1.50. The van der Waals surface area contributed by atoms with Gasteiger partial charge in [0.25, 0.3) is 5.91 Å². The summed E-state index contributed by atoms with van der Waals surface area (Å²) in [6.45, 7) is 0. The Bertz CT molecular complexity index is 505. The SMILES string of the molecule is CNc1sc(-c2ccccc2)cc1C(N)=O. The quantitative estimate of drug-likeness (QED) is 0.854. The molecule has 82 valence electrons. The Hall–Kier alpha value is -1.81. The molecule has 0 spiro atoms. The zero-order valence-corrected chi connectivity index (χ0v) is 9.67. The lowest BCUT2D eigenvalue weighted by Gasteiger charge is -1.96. The maximum Gasteiger partial charge on any atom is 0.251 e. The number of carbonyl (C=O) groups excluding carboxylic acids is 1. The van der Waals surface area contributed by atoms with Gasteiger partial charge < -0.3 is 11.1 Å². The summed E-state index contributed by atoms with van der Waals surface area (Å²) in [6, 6.07) is 11.8. The Morgan fingerprint density at radius 1 is 1.31 bits per heavy atom. The number of thiophene rings is 1. The van der Waals surface area contributed by atoms with Crippen LogP contribution in [-0.2, 0) is 0 Å². The van der Waals surface area contributed by atoms with E-state index in [-0.39, 0.29) is 0 Å². The standard InChI is InChI=1S/C12H12N2OS/c1-14-12-9(11(13)15)7-10(16-12)8-5-3-2-4-6-8/h2-7,14H,1H3,(H2,13,15). The van der Waals surface area contributed by atoms with E-state index in [1.165, 1.54) is 11.3 Å². The summed E-state index contributed by atoms with van der Waals surface area (Å²) < 4.78 is 0. The number of rotatable bonds is 3. The molecular formula is C12H12N2OS. The van der Waals surface area contributed by atoms with Crippen molar-refractivity contribution in [2.45, 2.75) is 0 Å². The van der Waals surface area contributed by atoms with E-state index in [0.29, 0.717) is 5.56 Å². The fourth-order valence-corrected chi connectivity index (χ4v) is 2.53. The average molecular weight is 232 g/mol. The molecule has 0 saturated heterocycles. The third-order valence-corrected chi connectivity index (χ3v) is 3.48. The second kappa shape index (κ2) is 4.37. The first kappa shape index (κ1) is 10.7. The van der Waals surface area contributed by atoms with Crippen LogP contribution in [0, 0.1) is 0 Å². The maximum atomic E-state index is 11.2. The number of hydrogen-bond donors (Lipinski definition) is 2. The highest BCUT2D eigenvalue weighted by atomic mass is 32.1. The second-order valence-electron chi connectivity index (χ2n) is 3.33. The van der Waals surface area contributed by atoms with E-state index in [0.717, 1.165) is 15.4 Å². The fraction of sp³-hybridized carbons (Fsp3) is 0.0833. The highest BCUT2D eigenvalue weighted by Crippen LogP contribution is 2.34. The molecule has 0 radical (unpaired) electrons. The summed E-state index contributed by atoms with van der Waals surface area (Å²) in [4.78, 5) is 12.3. The Balaban J connectivity index is 2.48. The molecule has 0 saturated carbocycles. The molecular weight excluding hydrogens is 220 g/mol. The second-order valence-corrected chi connectivity index (χ2v) is 4.39. The van der Waals surface area contributed by atoms with Crippen LogP contribution < -0.4 is 11.1 Å². The molecule has 4 heteroatoms. The molecule has 0 bridgehead atoms. The van der Waals surface area contributed by atoms with Gasteiger partial charge in [-0.3, -0.25) is 4.79 Å². The van der Waals surface area contributed by atoms with Gasteiger partial charge in [-0.05, 0) is 11.6 Å². The average Bonchev–Trinajstić information content (AvgIpc) is 2.74. The topological polar surface area (TPSA) is 55.1 Å². The predicted molar refractivity (Wildman–Crippen MR) is 67.8 cm³/mol. The molecule has 1 aromatic heterocycles. The zero-order valence-electron chi connectivity index (χ0n) is 8.86. The van der Waals surface area contributed by atoms with E-state index in [4.69, 9.17) is 5.73 Å². The van der Waals surface area contributed by atoms with Gasteiger partial charge in [-0.25, -0.2) is 0 Å². The molecule has 0 atom stereocenters. The largest absolute Gasteiger partial charge is 0.379 e. The number of carbonyl (C=O) groups is 1. The molecule has 0 unspecified atom stereocenters. The van der Waals surface area contributed by atoms with Gasteiger partial charge >= 0.3 is 0 Å². The monoisotopic (exact) mass is 232 g/mol. The van der Waals surface area contributed by atoms with Gasteiger partial charge in [0.2, 0.25) is 0 Å². The molecule has 16 heavy (non-hydrogen) atoms. The van der Waals surface area contributed by atoms with Crippen LogP contribution in [0.25, 0.3) is 10.4 Å². The van der Waals surface area contributed by atoms with Crippen LogP contribution in [0.5, 0.6) is 0 Å². The Kier molecular flexibility index (Phi) is 2.92. The van der Waals surface area contributed by atoms with Gasteiger partial charge in [-0.15, -0.1) is 11.3 Å². The first-order chi connectivity index (χ1) is 7.72. The summed E-state index contributed by atoms with van der Waals surface area (Å²) in [5, 5.41) is 3.80. The lowest BCUT2D eigenvalue weighted by molar-refractivity contribution is 0.100. The van der Waals surface area contributed by atoms with E-state index in [9.17, 15) is 4.79 Å². The minimum absolute atomic E-state index is 0.400. The molecule has 3 nitrogen and oxygen atoms in total. The lowest BCUT2D eigenvalue weighted by atomic mass is 10.1. The van der Waals surface area contributed by atoms with Crippen molar-refractivity contribution < 1.29 is 4.79 Å². The number of amides is 1. The van der Waals surface area contributed by atoms with Crippen LogP contribution in [0.2, 0.25) is 0 Å². The van der Waals surface area contributed by atoms with E-state index < -0.39 is 5.91 Å². The highest BCUT2D eigenvalue weighted by molar-refractivity contribution is 7.19. The molecule has 3 N–H and O–H groups in total. The van der Waals surface area contributed by atoms with E-state index in [2.05, 4.69) is 5.32 Å². The van der Waals surface area contributed by atoms with E-state index in [1.54, 1.807) is 7.05 Å². The Morgan fingerprint density at radius 2 is 2.00 bits per heavy atom. The molecule has 0 aliphatic carbocycles. The molecule has 2 rings (SSSR count). The molecule has 0 aliphatic rings. The van der Waals surface area contributed by atoms with Crippen molar-refractivity contribution in [1.82, 2.24) is 0 Å². The number of primary amides is 1. The van der Waals surface area contributed by atoms with Crippen molar-refractivity contribution in [3.05, 3.63) is 42.0 Å². The van der Waals surface area contributed by atoms with E-state index >= 15 is 0 Å². The number of nitrogens with two attached hydrogens (primary N) is 1. The van der Waals surface area contributed by atoms with Gasteiger partial charge in [-0.1, -0.05) is 30.3 Å². The third kappa shape index (κ3) is 1.92. The molecule has 0 aliphatic heterocycles. The minimum Gasteiger partial charge on any atom is -0.379 e. The molecule has 0 fully saturated rings. The van der Waals surface area contributed by atoms with Gasteiger partial charge in [0.15, 0.2) is 0 Å². The van der Waals surface area contributed by atoms with Crippen LogP contribution in [0.15, 0.2) is 36.4 Å². The molecule has 1 aromatic carbocycles. The molecule has 2 aromatic rings. The van der Waals surface area contributed by atoms with Crippen LogP contribution >= 0.6 is 11.3 Å². The van der Waals surface area contributed by atoms with Crippen molar-refractivity contribution in [1.29, 1.82) is 0 Å². The predicted octanol–water partition coefficient (Wildman–Crippen LogP) is 2.56. The summed E-state index contributed by atoms with van der Waals surface area (Å²) >= 11 is 1.53. The summed E-state index contributed by atoms with van der Waals surface area (Å²) in [7, 11) is 1.78. The highest BCUT2D eigenvalue weighted by Gasteiger charge is 2.13. The first-order valence-corrected chi connectivity index (χ1v) is 5.71. The zero-order chi connectivity index (χ0) is 11.5. The summed E-state index contributed by atoms with van der Waals surface area (Å²) in [6.07, 6.45) is 0.